The number of nitrogens with one attached hydrogen (secondary N) is 1. The summed E-state index contributed by atoms with van der Waals surface area (Å²) in [6, 6.07) is 9.13. The van der Waals surface area contributed by atoms with Crippen molar-refractivity contribution in [2.24, 2.45) is 5.73 Å². The van der Waals surface area contributed by atoms with Crippen molar-refractivity contribution in [1.82, 2.24) is 15.1 Å². The van der Waals surface area contributed by atoms with E-state index in [2.05, 4.69) is 17.5 Å². The van der Waals surface area contributed by atoms with Crippen molar-refractivity contribution in [1.29, 1.82) is 10.5 Å². The first-order valence-electron chi connectivity index (χ1n) is 11.0. The standard InChI is InChI=1S/C23H28N6O2/c24-10-15-3-5-20-16(8-15)4-6-22(20)27-17-9-19(14-30)28(12-17)13-21(26)23(31)29-7-1-2-18(29)11-25/h3,5,8,14,17-19,21-22,27H,1-2,4,6-7,9,12-13,26H2/t17-,18?,19?,21?,22-/m0/s1. The minimum absolute atomic E-state index is 0.128. The van der Waals surface area contributed by atoms with Crippen LogP contribution in [0.1, 0.15) is 48.4 Å². The number of likely N-dealkylation sites (tertiary alicyclic amines) is 2. The zero-order valence-electron chi connectivity index (χ0n) is 17.5. The van der Waals surface area contributed by atoms with Crippen LogP contribution in [0.2, 0.25) is 0 Å². The number of amides is 1. The minimum atomic E-state index is -0.744. The Labute approximate surface area is 182 Å². The summed E-state index contributed by atoms with van der Waals surface area (Å²) < 4.78 is 0. The van der Waals surface area contributed by atoms with Gasteiger partial charge in [0.15, 0.2) is 0 Å². The predicted octanol–water partition coefficient (Wildman–Crippen LogP) is 0.619. The summed E-state index contributed by atoms with van der Waals surface area (Å²) in [7, 11) is 0. The number of hydrogen-bond donors (Lipinski definition) is 2. The van der Waals surface area contributed by atoms with Crippen LogP contribution in [-0.4, -0.2) is 65.8 Å². The van der Waals surface area contributed by atoms with Gasteiger partial charge in [0.25, 0.3) is 0 Å². The lowest BCUT2D eigenvalue weighted by molar-refractivity contribution is -0.133. The molecule has 2 aliphatic heterocycles. The molecule has 1 aromatic rings. The smallest absolute Gasteiger partial charge is 0.241 e. The van der Waals surface area contributed by atoms with Gasteiger partial charge in [-0.05, 0) is 55.4 Å². The third-order valence-corrected chi connectivity index (χ3v) is 6.83. The third kappa shape index (κ3) is 4.33. The van der Waals surface area contributed by atoms with Crippen molar-refractivity contribution in [3.63, 3.8) is 0 Å². The molecule has 0 saturated carbocycles. The van der Waals surface area contributed by atoms with Crippen LogP contribution in [0.3, 0.4) is 0 Å². The van der Waals surface area contributed by atoms with Crippen LogP contribution in [0.4, 0.5) is 0 Å². The summed E-state index contributed by atoms with van der Waals surface area (Å²) in [6.45, 7) is 1.52. The highest BCUT2D eigenvalue weighted by molar-refractivity contribution is 5.83. The van der Waals surface area contributed by atoms with E-state index >= 15 is 0 Å². The Kier molecular flexibility index (Phi) is 6.33. The molecule has 8 nitrogen and oxygen atoms in total. The molecule has 162 valence electrons. The van der Waals surface area contributed by atoms with Crippen LogP contribution in [0.15, 0.2) is 18.2 Å². The lowest BCUT2D eigenvalue weighted by Gasteiger charge is -2.28. The number of hydrogen-bond acceptors (Lipinski definition) is 7. The van der Waals surface area contributed by atoms with Gasteiger partial charge in [0.2, 0.25) is 5.91 Å². The molecule has 1 aliphatic carbocycles. The van der Waals surface area contributed by atoms with E-state index < -0.39 is 12.1 Å². The number of fused-ring (bicyclic) bond motifs is 1. The molecule has 8 heteroatoms. The van der Waals surface area contributed by atoms with E-state index in [9.17, 15) is 14.9 Å². The SMILES string of the molecule is N#Cc1ccc2c(c1)CC[C@@H]2N[C@H]1CC(C=O)N(CC(N)C(=O)N2CCCC2C#N)C1. The maximum absolute atomic E-state index is 12.7. The molecule has 0 aromatic heterocycles. The highest BCUT2D eigenvalue weighted by Gasteiger charge is 2.38. The Morgan fingerprint density at radius 2 is 2.19 bits per heavy atom. The number of nitrogens with two attached hydrogens (primary N) is 1. The molecule has 4 rings (SSSR count). The molecule has 0 spiro atoms. The molecule has 2 saturated heterocycles. The molecule has 3 unspecified atom stereocenters. The quantitative estimate of drug-likeness (QED) is 0.646. The summed E-state index contributed by atoms with van der Waals surface area (Å²) in [5, 5.41) is 22.0. The molecule has 0 radical (unpaired) electrons. The first-order chi connectivity index (χ1) is 15.0. The van der Waals surface area contributed by atoms with Crippen molar-refractivity contribution in [2.45, 2.75) is 62.3 Å². The Hall–Kier alpha value is -2.78. The average molecular weight is 421 g/mol. The van der Waals surface area contributed by atoms with Crippen LogP contribution in [-0.2, 0) is 16.0 Å². The van der Waals surface area contributed by atoms with Crippen LogP contribution in [0.5, 0.6) is 0 Å². The van der Waals surface area contributed by atoms with Crippen LogP contribution in [0.25, 0.3) is 0 Å². The zero-order valence-corrected chi connectivity index (χ0v) is 17.5. The number of carbonyl (C=O) groups is 2. The lowest BCUT2D eigenvalue weighted by atomic mass is 10.0. The highest BCUT2D eigenvalue weighted by Crippen LogP contribution is 2.33. The number of aldehydes is 1. The second kappa shape index (κ2) is 9.15. The van der Waals surface area contributed by atoms with Crippen LogP contribution in [0, 0.1) is 22.7 Å². The molecule has 5 atom stereocenters. The van der Waals surface area contributed by atoms with Gasteiger partial charge in [-0.3, -0.25) is 9.69 Å². The molecular weight excluding hydrogens is 392 g/mol. The summed E-state index contributed by atoms with van der Waals surface area (Å²) in [5.41, 5.74) is 9.33. The van der Waals surface area contributed by atoms with Gasteiger partial charge in [-0.25, -0.2) is 0 Å². The Morgan fingerprint density at radius 3 is 2.94 bits per heavy atom. The third-order valence-electron chi connectivity index (χ3n) is 6.83. The molecule has 3 N–H and O–H groups in total. The second-order valence-corrected chi connectivity index (χ2v) is 8.80. The lowest BCUT2D eigenvalue weighted by Crippen LogP contribution is -2.52. The predicted molar refractivity (Wildman–Crippen MR) is 114 cm³/mol. The first kappa shape index (κ1) is 21.5. The number of nitriles is 2. The summed E-state index contributed by atoms with van der Waals surface area (Å²) in [4.78, 5) is 28.0. The maximum atomic E-state index is 12.7. The van der Waals surface area contributed by atoms with Gasteiger partial charge in [-0.1, -0.05) is 6.07 Å². The minimum Gasteiger partial charge on any atom is -0.325 e. The van der Waals surface area contributed by atoms with Gasteiger partial charge in [-0.15, -0.1) is 0 Å². The van der Waals surface area contributed by atoms with E-state index in [1.807, 2.05) is 23.1 Å². The Bertz CT molecular complexity index is 935. The zero-order chi connectivity index (χ0) is 22.0. The van der Waals surface area contributed by atoms with Crippen molar-refractivity contribution < 1.29 is 9.59 Å². The van der Waals surface area contributed by atoms with E-state index in [1.54, 1.807) is 4.90 Å². The van der Waals surface area contributed by atoms with Crippen LogP contribution < -0.4 is 11.1 Å². The summed E-state index contributed by atoms with van der Waals surface area (Å²) >= 11 is 0. The van der Waals surface area contributed by atoms with E-state index in [-0.39, 0.29) is 24.0 Å². The van der Waals surface area contributed by atoms with Gasteiger partial charge in [0.05, 0.1) is 29.8 Å². The largest absolute Gasteiger partial charge is 0.325 e. The fourth-order valence-corrected chi connectivity index (χ4v) is 5.26. The van der Waals surface area contributed by atoms with Crippen molar-refractivity contribution in [3.05, 3.63) is 34.9 Å². The topological polar surface area (TPSA) is 126 Å². The van der Waals surface area contributed by atoms with E-state index in [0.29, 0.717) is 38.0 Å². The maximum Gasteiger partial charge on any atom is 0.241 e. The summed E-state index contributed by atoms with van der Waals surface area (Å²) in [6.07, 6.45) is 5.04. The summed E-state index contributed by atoms with van der Waals surface area (Å²) in [5.74, 6) is -0.205. The number of aryl methyl sites for hydroxylation is 1. The molecular formula is C23H28N6O2. The van der Waals surface area contributed by atoms with Crippen molar-refractivity contribution in [3.8, 4) is 12.1 Å². The van der Waals surface area contributed by atoms with Crippen molar-refractivity contribution >= 4 is 12.2 Å². The molecule has 2 heterocycles. The fourth-order valence-electron chi connectivity index (χ4n) is 5.26. The van der Waals surface area contributed by atoms with E-state index in [1.165, 1.54) is 11.1 Å². The van der Waals surface area contributed by atoms with E-state index in [0.717, 1.165) is 25.5 Å². The van der Waals surface area contributed by atoms with Gasteiger partial charge >= 0.3 is 0 Å². The molecule has 31 heavy (non-hydrogen) atoms. The number of carbonyl (C=O) groups excluding carboxylic acids is 2. The van der Waals surface area contributed by atoms with Crippen LogP contribution >= 0.6 is 0 Å². The molecule has 0 bridgehead atoms. The average Bonchev–Trinajstić information content (AvgIpc) is 3.51. The Morgan fingerprint density at radius 1 is 1.35 bits per heavy atom. The van der Waals surface area contributed by atoms with Gasteiger partial charge in [0.1, 0.15) is 12.3 Å². The van der Waals surface area contributed by atoms with Crippen molar-refractivity contribution in [2.75, 3.05) is 19.6 Å². The molecule has 2 fully saturated rings. The molecule has 1 aromatic carbocycles. The number of benzene rings is 1. The second-order valence-electron chi connectivity index (χ2n) is 8.80. The number of rotatable bonds is 6. The molecule has 3 aliphatic rings. The van der Waals surface area contributed by atoms with Gasteiger partial charge in [0, 0.05) is 31.7 Å². The van der Waals surface area contributed by atoms with Gasteiger partial charge < -0.3 is 20.7 Å². The normalized spacial score (nSPS) is 28.7. The molecule has 1 amide bonds. The first-order valence-corrected chi connectivity index (χ1v) is 11.0. The Balaban J connectivity index is 1.36. The monoisotopic (exact) mass is 420 g/mol. The van der Waals surface area contributed by atoms with E-state index in [4.69, 9.17) is 11.0 Å². The van der Waals surface area contributed by atoms with Gasteiger partial charge in [-0.2, -0.15) is 10.5 Å². The number of nitrogens with zero attached hydrogens (tertiary/aromatic N) is 4. The fraction of sp³-hybridized carbons (Fsp3) is 0.565. The highest BCUT2D eigenvalue weighted by atomic mass is 16.2.